The van der Waals surface area contributed by atoms with Gasteiger partial charge in [-0.3, -0.25) is 0 Å². The van der Waals surface area contributed by atoms with Crippen LogP contribution in [0.1, 0.15) is 19.8 Å². The summed E-state index contributed by atoms with van der Waals surface area (Å²) < 4.78 is 2.01. The maximum Gasteiger partial charge on any atom is 0.319 e. The Kier molecular flexibility index (Phi) is 3.87. The Morgan fingerprint density at radius 2 is 2.11 bits per heavy atom. The van der Waals surface area contributed by atoms with Crippen LogP contribution in [0.5, 0.6) is 0 Å². The Morgan fingerprint density at radius 1 is 1.33 bits per heavy atom. The van der Waals surface area contributed by atoms with Gasteiger partial charge >= 0.3 is 6.03 Å². The number of rotatable bonds is 4. The molecular weight excluding hydrogens is 226 g/mol. The molecule has 4 heteroatoms. The number of anilines is 1. The molecular formula is C14H19N3O. The van der Waals surface area contributed by atoms with E-state index < -0.39 is 0 Å². The summed E-state index contributed by atoms with van der Waals surface area (Å²) in [6.07, 6.45) is 4.02. The van der Waals surface area contributed by atoms with E-state index in [4.69, 9.17) is 0 Å². The van der Waals surface area contributed by atoms with Gasteiger partial charge in [0.05, 0.1) is 5.69 Å². The molecule has 0 saturated heterocycles. The fourth-order valence-corrected chi connectivity index (χ4v) is 1.99. The quantitative estimate of drug-likeness (QED) is 0.799. The number of aromatic nitrogens is 1. The molecule has 0 aliphatic rings. The van der Waals surface area contributed by atoms with Crippen molar-refractivity contribution in [2.24, 2.45) is 7.05 Å². The highest BCUT2D eigenvalue weighted by atomic mass is 16.2. The monoisotopic (exact) mass is 245 g/mol. The standard InChI is InChI=1S/C14H19N3O/c1-3-4-9-15-14(18)16-12-10-17(2)13-8-6-5-7-11(12)13/h5-8,10H,3-4,9H2,1-2H3,(H2,15,16,18). The van der Waals surface area contributed by atoms with E-state index in [1.54, 1.807) is 0 Å². The van der Waals surface area contributed by atoms with E-state index in [1.165, 1.54) is 0 Å². The minimum atomic E-state index is -0.139. The summed E-state index contributed by atoms with van der Waals surface area (Å²) in [5.74, 6) is 0. The molecule has 0 radical (unpaired) electrons. The lowest BCUT2D eigenvalue weighted by Gasteiger charge is -2.05. The van der Waals surface area contributed by atoms with Crippen LogP contribution < -0.4 is 10.6 Å². The Balaban J connectivity index is 2.10. The molecule has 1 aromatic carbocycles. The lowest BCUT2D eigenvalue weighted by molar-refractivity contribution is 0.252. The number of benzene rings is 1. The minimum Gasteiger partial charge on any atom is -0.348 e. The van der Waals surface area contributed by atoms with Crippen molar-refractivity contribution in [3.8, 4) is 0 Å². The zero-order valence-electron chi connectivity index (χ0n) is 10.9. The van der Waals surface area contributed by atoms with Gasteiger partial charge in [-0.05, 0) is 12.5 Å². The van der Waals surface area contributed by atoms with Crippen LogP contribution in [-0.4, -0.2) is 17.1 Å². The van der Waals surface area contributed by atoms with Gasteiger partial charge in [0.15, 0.2) is 0 Å². The summed E-state index contributed by atoms with van der Waals surface area (Å²) in [4.78, 5) is 11.7. The van der Waals surface area contributed by atoms with Gasteiger partial charge in [0.2, 0.25) is 0 Å². The van der Waals surface area contributed by atoms with E-state index in [-0.39, 0.29) is 6.03 Å². The van der Waals surface area contributed by atoms with E-state index >= 15 is 0 Å². The lowest BCUT2D eigenvalue weighted by atomic mass is 10.2. The van der Waals surface area contributed by atoms with Gasteiger partial charge in [-0.2, -0.15) is 0 Å². The fourth-order valence-electron chi connectivity index (χ4n) is 1.99. The average molecular weight is 245 g/mol. The van der Waals surface area contributed by atoms with Gasteiger partial charge in [-0.15, -0.1) is 0 Å². The molecule has 2 amide bonds. The van der Waals surface area contributed by atoms with Crippen molar-refractivity contribution < 1.29 is 4.79 Å². The maximum atomic E-state index is 11.7. The Morgan fingerprint density at radius 3 is 2.89 bits per heavy atom. The number of unbranched alkanes of at least 4 members (excludes halogenated alkanes) is 1. The van der Waals surface area contributed by atoms with Crippen molar-refractivity contribution in [1.29, 1.82) is 0 Å². The minimum absolute atomic E-state index is 0.139. The number of nitrogens with one attached hydrogen (secondary N) is 2. The SMILES string of the molecule is CCCCNC(=O)Nc1cn(C)c2ccccc12. The third-order valence-corrected chi connectivity index (χ3v) is 2.96. The molecule has 2 N–H and O–H groups in total. The van der Waals surface area contributed by atoms with Crippen molar-refractivity contribution in [1.82, 2.24) is 9.88 Å². The first-order chi connectivity index (χ1) is 8.72. The molecule has 2 aromatic rings. The van der Waals surface area contributed by atoms with Crippen molar-refractivity contribution in [2.75, 3.05) is 11.9 Å². The molecule has 4 nitrogen and oxygen atoms in total. The van der Waals surface area contributed by atoms with E-state index in [0.717, 1.165) is 29.4 Å². The van der Waals surface area contributed by atoms with Gasteiger partial charge in [0, 0.05) is 30.7 Å². The van der Waals surface area contributed by atoms with Gasteiger partial charge in [-0.1, -0.05) is 31.5 Å². The average Bonchev–Trinajstić information content (AvgIpc) is 2.67. The molecule has 18 heavy (non-hydrogen) atoms. The van der Waals surface area contributed by atoms with Crippen LogP contribution in [0.4, 0.5) is 10.5 Å². The van der Waals surface area contributed by atoms with Crippen LogP contribution in [-0.2, 0) is 7.05 Å². The van der Waals surface area contributed by atoms with Gasteiger partial charge in [-0.25, -0.2) is 4.79 Å². The Bertz CT molecular complexity index is 545. The lowest BCUT2D eigenvalue weighted by Crippen LogP contribution is -2.29. The molecule has 0 unspecified atom stereocenters. The van der Waals surface area contributed by atoms with Crippen LogP contribution in [0, 0.1) is 0 Å². The smallest absolute Gasteiger partial charge is 0.319 e. The molecule has 2 rings (SSSR count). The molecule has 0 atom stereocenters. The maximum absolute atomic E-state index is 11.7. The number of aryl methyl sites for hydroxylation is 1. The first-order valence-corrected chi connectivity index (χ1v) is 6.31. The van der Waals surface area contributed by atoms with E-state index in [1.807, 2.05) is 42.1 Å². The van der Waals surface area contributed by atoms with Crippen LogP contribution >= 0.6 is 0 Å². The molecule has 0 fully saturated rings. The molecule has 1 heterocycles. The van der Waals surface area contributed by atoms with Gasteiger partial charge < -0.3 is 15.2 Å². The Labute approximate surface area is 107 Å². The summed E-state index contributed by atoms with van der Waals surface area (Å²) >= 11 is 0. The van der Waals surface area contributed by atoms with E-state index in [9.17, 15) is 4.79 Å². The molecule has 1 aromatic heterocycles. The topological polar surface area (TPSA) is 46.1 Å². The number of fused-ring (bicyclic) bond motifs is 1. The number of nitrogens with zero attached hydrogens (tertiary/aromatic N) is 1. The van der Waals surface area contributed by atoms with Gasteiger partial charge in [0.1, 0.15) is 0 Å². The summed E-state index contributed by atoms with van der Waals surface area (Å²) in [7, 11) is 1.97. The fraction of sp³-hybridized carbons (Fsp3) is 0.357. The number of urea groups is 1. The summed E-state index contributed by atoms with van der Waals surface area (Å²) in [6, 6.07) is 7.88. The second-order valence-electron chi connectivity index (χ2n) is 4.41. The van der Waals surface area contributed by atoms with Crippen LogP contribution in [0.25, 0.3) is 10.9 Å². The highest BCUT2D eigenvalue weighted by Crippen LogP contribution is 2.24. The molecule has 0 bridgehead atoms. The van der Waals surface area contributed by atoms with Crippen molar-refractivity contribution in [2.45, 2.75) is 19.8 Å². The third-order valence-electron chi connectivity index (χ3n) is 2.96. The Hall–Kier alpha value is -1.97. The van der Waals surface area contributed by atoms with E-state index in [0.29, 0.717) is 6.54 Å². The number of hydrogen-bond acceptors (Lipinski definition) is 1. The summed E-state index contributed by atoms with van der Waals surface area (Å²) in [5.41, 5.74) is 1.96. The second-order valence-corrected chi connectivity index (χ2v) is 4.41. The predicted molar refractivity (Wildman–Crippen MR) is 74.8 cm³/mol. The normalized spacial score (nSPS) is 10.6. The summed E-state index contributed by atoms with van der Waals surface area (Å²) in [5, 5.41) is 6.80. The second kappa shape index (κ2) is 5.58. The molecule has 0 aliphatic carbocycles. The predicted octanol–water partition coefficient (Wildman–Crippen LogP) is 3.10. The third kappa shape index (κ3) is 2.64. The largest absolute Gasteiger partial charge is 0.348 e. The van der Waals surface area contributed by atoms with Gasteiger partial charge in [0.25, 0.3) is 0 Å². The molecule has 0 aliphatic heterocycles. The molecule has 96 valence electrons. The van der Waals surface area contributed by atoms with Crippen LogP contribution in [0.15, 0.2) is 30.5 Å². The highest BCUT2D eigenvalue weighted by Gasteiger charge is 2.08. The summed E-state index contributed by atoms with van der Waals surface area (Å²) in [6.45, 7) is 2.82. The molecule has 0 spiro atoms. The zero-order chi connectivity index (χ0) is 13.0. The molecule has 0 saturated carbocycles. The zero-order valence-corrected chi connectivity index (χ0v) is 10.9. The van der Waals surface area contributed by atoms with Crippen molar-refractivity contribution >= 4 is 22.6 Å². The first kappa shape index (κ1) is 12.5. The first-order valence-electron chi connectivity index (χ1n) is 6.31. The number of hydrogen-bond donors (Lipinski definition) is 2. The van der Waals surface area contributed by atoms with Crippen molar-refractivity contribution in [3.05, 3.63) is 30.5 Å². The van der Waals surface area contributed by atoms with Crippen LogP contribution in [0.3, 0.4) is 0 Å². The van der Waals surface area contributed by atoms with Crippen molar-refractivity contribution in [3.63, 3.8) is 0 Å². The number of amides is 2. The number of para-hydroxylation sites is 1. The van der Waals surface area contributed by atoms with Crippen LogP contribution in [0.2, 0.25) is 0 Å². The highest BCUT2D eigenvalue weighted by molar-refractivity contribution is 6.01. The van der Waals surface area contributed by atoms with E-state index in [2.05, 4.69) is 17.6 Å². The number of carbonyl (C=O) groups is 1. The number of carbonyl (C=O) groups excluding carboxylic acids is 1.